The van der Waals surface area contributed by atoms with Crippen LogP contribution < -0.4 is 10.6 Å². The number of benzene rings is 1. The zero-order chi connectivity index (χ0) is 17.1. The van der Waals surface area contributed by atoms with Gasteiger partial charge in [0.25, 0.3) is 11.8 Å². The maximum absolute atomic E-state index is 12.5. The Morgan fingerprint density at radius 3 is 2.42 bits per heavy atom. The Kier molecular flexibility index (Phi) is 4.46. The Labute approximate surface area is 140 Å². The van der Waals surface area contributed by atoms with Crippen LogP contribution in [0.4, 0.5) is 5.69 Å². The molecule has 6 heteroatoms. The van der Waals surface area contributed by atoms with Crippen molar-refractivity contribution in [2.45, 2.75) is 6.92 Å². The lowest BCUT2D eigenvalue weighted by Crippen LogP contribution is -2.48. The van der Waals surface area contributed by atoms with Gasteiger partial charge < -0.3 is 15.5 Å². The minimum absolute atomic E-state index is 0.0672. The van der Waals surface area contributed by atoms with Gasteiger partial charge in [-0.25, -0.2) is 0 Å². The summed E-state index contributed by atoms with van der Waals surface area (Å²) in [5.41, 5.74) is 8.22. The lowest BCUT2D eigenvalue weighted by Gasteiger charge is -2.36. The molecule has 0 saturated carbocycles. The van der Waals surface area contributed by atoms with Crippen LogP contribution in [0.5, 0.6) is 0 Å². The van der Waals surface area contributed by atoms with Gasteiger partial charge in [-0.3, -0.25) is 14.6 Å². The highest BCUT2D eigenvalue weighted by Crippen LogP contribution is 2.18. The van der Waals surface area contributed by atoms with Gasteiger partial charge in [0, 0.05) is 38.1 Å². The number of hydrogen-bond donors (Lipinski definition) is 1. The molecular formula is C18H20N4O2. The topological polar surface area (TPSA) is 79.5 Å². The first-order valence-electron chi connectivity index (χ1n) is 7.91. The van der Waals surface area contributed by atoms with Crippen LogP contribution >= 0.6 is 0 Å². The first kappa shape index (κ1) is 16.0. The van der Waals surface area contributed by atoms with Gasteiger partial charge in [-0.05, 0) is 36.8 Å². The molecule has 124 valence electrons. The van der Waals surface area contributed by atoms with Crippen molar-refractivity contribution in [3.05, 3.63) is 59.4 Å². The molecule has 2 N–H and O–H groups in total. The van der Waals surface area contributed by atoms with Crippen molar-refractivity contribution in [1.82, 2.24) is 9.88 Å². The Bertz CT molecular complexity index is 750. The van der Waals surface area contributed by atoms with Gasteiger partial charge in [-0.1, -0.05) is 12.1 Å². The fourth-order valence-corrected chi connectivity index (χ4v) is 2.84. The van der Waals surface area contributed by atoms with Crippen LogP contribution in [0, 0.1) is 6.92 Å². The van der Waals surface area contributed by atoms with Crippen molar-refractivity contribution < 1.29 is 9.59 Å². The summed E-state index contributed by atoms with van der Waals surface area (Å²) in [5.74, 6) is -0.664. The zero-order valence-corrected chi connectivity index (χ0v) is 13.6. The van der Waals surface area contributed by atoms with Gasteiger partial charge >= 0.3 is 0 Å². The highest BCUT2D eigenvalue weighted by molar-refractivity contribution is 5.95. The molecule has 3 rings (SSSR count). The molecule has 0 spiro atoms. The highest BCUT2D eigenvalue weighted by Gasteiger charge is 2.22. The van der Waals surface area contributed by atoms with Crippen molar-refractivity contribution in [3.63, 3.8) is 0 Å². The molecule has 2 amide bonds. The summed E-state index contributed by atoms with van der Waals surface area (Å²) in [5, 5.41) is 0. The summed E-state index contributed by atoms with van der Waals surface area (Å²) >= 11 is 0. The Balaban J connectivity index is 1.63. The van der Waals surface area contributed by atoms with Crippen LogP contribution in [0.1, 0.15) is 26.4 Å². The lowest BCUT2D eigenvalue weighted by molar-refractivity contribution is 0.0745. The lowest BCUT2D eigenvalue weighted by atomic mass is 10.1. The summed E-state index contributed by atoms with van der Waals surface area (Å²) in [6.07, 6.45) is 1.41. The molecule has 0 aliphatic carbocycles. The summed E-state index contributed by atoms with van der Waals surface area (Å²) < 4.78 is 0. The maximum Gasteiger partial charge on any atom is 0.267 e. The Morgan fingerprint density at radius 1 is 1.08 bits per heavy atom. The number of piperazine rings is 1. The molecule has 0 radical (unpaired) electrons. The van der Waals surface area contributed by atoms with E-state index in [9.17, 15) is 9.59 Å². The first-order chi connectivity index (χ1) is 11.5. The number of carbonyl (C=O) groups is 2. The fourth-order valence-electron chi connectivity index (χ4n) is 2.84. The molecule has 0 atom stereocenters. The van der Waals surface area contributed by atoms with Crippen molar-refractivity contribution in [1.29, 1.82) is 0 Å². The van der Waals surface area contributed by atoms with E-state index in [0.717, 1.165) is 13.1 Å². The highest BCUT2D eigenvalue weighted by atomic mass is 16.2. The number of anilines is 1. The van der Waals surface area contributed by atoms with E-state index in [-0.39, 0.29) is 11.6 Å². The van der Waals surface area contributed by atoms with Gasteiger partial charge in [0.2, 0.25) is 0 Å². The molecule has 1 aliphatic heterocycles. The van der Waals surface area contributed by atoms with Gasteiger partial charge in [-0.15, -0.1) is 0 Å². The maximum atomic E-state index is 12.5. The SMILES string of the molecule is Cc1cccc(N2CCN(C(=O)c3ccc(C(N)=O)nc3)CC2)c1. The molecule has 1 aromatic heterocycles. The number of aromatic nitrogens is 1. The second-order valence-corrected chi connectivity index (χ2v) is 5.91. The number of primary amides is 1. The minimum Gasteiger partial charge on any atom is -0.368 e. The van der Waals surface area contributed by atoms with E-state index < -0.39 is 5.91 Å². The summed E-state index contributed by atoms with van der Waals surface area (Å²) in [7, 11) is 0. The third kappa shape index (κ3) is 3.37. The molecule has 2 aromatic rings. The average molecular weight is 324 g/mol. The van der Waals surface area contributed by atoms with Crippen LogP contribution in [-0.2, 0) is 0 Å². The smallest absolute Gasteiger partial charge is 0.267 e. The largest absolute Gasteiger partial charge is 0.368 e. The Hall–Kier alpha value is -2.89. The number of pyridine rings is 1. The fraction of sp³-hybridized carbons (Fsp3) is 0.278. The molecule has 0 bridgehead atoms. The number of rotatable bonds is 3. The van der Waals surface area contributed by atoms with Crippen molar-refractivity contribution >= 4 is 17.5 Å². The Morgan fingerprint density at radius 2 is 1.83 bits per heavy atom. The molecule has 6 nitrogen and oxygen atoms in total. The van der Waals surface area contributed by atoms with E-state index in [4.69, 9.17) is 5.73 Å². The summed E-state index contributed by atoms with van der Waals surface area (Å²) in [6, 6.07) is 11.5. The number of nitrogens with zero attached hydrogens (tertiary/aromatic N) is 3. The van der Waals surface area contributed by atoms with Crippen LogP contribution in [-0.4, -0.2) is 47.9 Å². The standard InChI is InChI=1S/C18H20N4O2/c1-13-3-2-4-15(11-13)21-7-9-22(10-8-21)18(24)14-5-6-16(17(19)23)20-12-14/h2-6,11-12H,7-10H2,1H3,(H2,19,23). The van der Waals surface area contributed by atoms with E-state index in [1.54, 1.807) is 6.07 Å². The van der Waals surface area contributed by atoms with Gasteiger partial charge in [-0.2, -0.15) is 0 Å². The minimum atomic E-state index is -0.597. The van der Waals surface area contributed by atoms with Crippen LogP contribution in [0.2, 0.25) is 0 Å². The number of nitrogens with two attached hydrogens (primary N) is 1. The van der Waals surface area contributed by atoms with Crippen molar-refractivity contribution in [2.24, 2.45) is 5.73 Å². The molecule has 1 fully saturated rings. The number of carbonyl (C=O) groups excluding carboxylic acids is 2. The zero-order valence-electron chi connectivity index (χ0n) is 13.6. The van der Waals surface area contributed by atoms with Gasteiger partial charge in [0.05, 0.1) is 5.56 Å². The van der Waals surface area contributed by atoms with Crippen LogP contribution in [0.3, 0.4) is 0 Å². The van der Waals surface area contributed by atoms with E-state index in [2.05, 4.69) is 35.0 Å². The third-order valence-corrected chi connectivity index (χ3v) is 4.20. The van der Waals surface area contributed by atoms with E-state index in [1.165, 1.54) is 23.5 Å². The molecule has 1 aromatic carbocycles. The monoisotopic (exact) mass is 324 g/mol. The van der Waals surface area contributed by atoms with Crippen molar-refractivity contribution in [2.75, 3.05) is 31.1 Å². The van der Waals surface area contributed by atoms with Crippen molar-refractivity contribution in [3.8, 4) is 0 Å². The third-order valence-electron chi connectivity index (χ3n) is 4.20. The molecular weight excluding hydrogens is 304 g/mol. The van der Waals surface area contributed by atoms with Gasteiger partial charge in [0.1, 0.15) is 5.69 Å². The van der Waals surface area contributed by atoms with E-state index in [0.29, 0.717) is 18.7 Å². The molecule has 2 heterocycles. The molecule has 0 unspecified atom stereocenters. The summed E-state index contributed by atoms with van der Waals surface area (Å²) in [6.45, 7) is 4.98. The second kappa shape index (κ2) is 6.70. The number of amides is 2. The number of hydrogen-bond acceptors (Lipinski definition) is 4. The summed E-state index contributed by atoms with van der Waals surface area (Å²) in [4.78, 5) is 31.6. The average Bonchev–Trinajstić information content (AvgIpc) is 2.61. The number of aryl methyl sites for hydroxylation is 1. The van der Waals surface area contributed by atoms with E-state index >= 15 is 0 Å². The van der Waals surface area contributed by atoms with Crippen LogP contribution in [0.25, 0.3) is 0 Å². The second-order valence-electron chi connectivity index (χ2n) is 5.91. The quantitative estimate of drug-likeness (QED) is 0.927. The molecule has 1 saturated heterocycles. The van der Waals surface area contributed by atoms with Gasteiger partial charge in [0.15, 0.2) is 0 Å². The predicted octanol–water partition coefficient (Wildman–Crippen LogP) is 1.45. The normalized spacial score (nSPS) is 14.5. The molecule has 24 heavy (non-hydrogen) atoms. The van der Waals surface area contributed by atoms with E-state index in [1.807, 2.05) is 11.0 Å². The van der Waals surface area contributed by atoms with Crippen LogP contribution in [0.15, 0.2) is 42.6 Å². The first-order valence-corrected chi connectivity index (χ1v) is 7.91. The molecule has 1 aliphatic rings. The predicted molar refractivity (Wildman–Crippen MR) is 92.1 cm³/mol.